The highest BCUT2D eigenvalue weighted by atomic mass is 16.1. The molecule has 1 aromatic carbocycles. The van der Waals surface area contributed by atoms with E-state index >= 15 is 0 Å². The second-order valence-electron chi connectivity index (χ2n) is 3.24. The van der Waals surface area contributed by atoms with Crippen LogP contribution in [0.15, 0.2) is 36.4 Å². The minimum absolute atomic E-state index is 0.771. The Morgan fingerprint density at radius 3 is 2.57 bits per heavy atom. The normalized spacial score (nSPS) is 11.3. The molecule has 0 unspecified atom stereocenters. The zero-order valence-electron chi connectivity index (χ0n) is 8.53. The van der Waals surface area contributed by atoms with E-state index in [-0.39, 0.29) is 0 Å². The average Bonchev–Trinajstić information content (AvgIpc) is 2.18. The van der Waals surface area contributed by atoms with Gasteiger partial charge in [-0.15, -0.1) is 0 Å². The summed E-state index contributed by atoms with van der Waals surface area (Å²) in [4.78, 5) is 10.0. The van der Waals surface area contributed by atoms with Gasteiger partial charge >= 0.3 is 0 Å². The van der Waals surface area contributed by atoms with Gasteiger partial charge in [-0.1, -0.05) is 42.0 Å². The zero-order chi connectivity index (χ0) is 10.4. The number of allylic oxidation sites excluding steroid dienone is 3. The van der Waals surface area contributed by atoms with Crippen molar-refractivity contribution in [3.8, 4) is 0 Å². The first-order chi connectivity index (χ1) is 6.74. The van der Waals surface area contributed by atoms with Crippen LogP contribution in [0.25, 0.3) is 6.08 Å². The van der Waals surface area contributed by atoms with Crippen LogP contribution in [0.1, 0.15) is 16.7 Å². The van der Waals surface area contributed by atoms with Crippen LogP contribution in [0.3, 0.4) is 0 Å². The molecule has 0 spiro atoms. The van der Waals surface area contributed by atoms with Crippen molar-refractivity contribution in [2.45, 2.75) is 13.8 Å². The maximum atomic E-state index is 10.0. The Morgan fingerprint density at radius 1 is 1.07 bits per heavy atom. The standard InChI is InChI=1S/C13H14O/c1-11-7-8-12(2)13(10-11)6-4-3-5-9-14/h3-10H,1-2H3/b5-3+,6-4+. The number of hydrogen-bond acceptors (Lipinski definition) is 1. The smallest absolute Gasteiger partial charge is 0.142 e. The van der Waals surface area contributed by atoms with E-state index in [1.807, 2.05) is 12.2 Å². The second kappa shape index (κ2) is 5.18. The Balaban J connectivity index is 2.85. The van der Waals surface area contributed by atoms with Gasteiger partial charge in [-0.25, -0.2) is 0 Å². The van der Waals surface area contributed by atoms with Gasteiger partial charge in [0.15, 0.2) is 0 Å². The Labute approximate surface area is 84.8 Å². The number of hydrogen-bond donors (Lipinski definition) is 0. The number of aryl methyl sites for hydroxylation is 2. The van der Waals surface area contributed by atoms with Crippen molar-refractivity contribution in [3.05, 3.63) is 53.1 Å². The Morgan fingerprint density at radius 2 is 1.86 bits per heavy atom. The summed E-state index contributed by atoms with van der Waals surface area (Å²) in [5.41, 5.74) is 3.68. The van der Waals surface area contributed by atoms with Crippen LogP contribution in [-0.4, -0.2) is 6.29 Å². The quantitative estimate of drug-likeness (QED) is 0.403. The second-order valence-corrected chi connectivity index (χ2v) is 3.24. The summed E-state index contributed by atoms with van der Waals surface area (Å²) in [7, 11) is 0. The maximum absolute atomic E-state index is 10.0. The summed E-state index contributed by atoms with van der Waals surface area (Å²) in [6.45, 7) is 4.14. The first-order valence-corrected chi connectivity index (χ1v) is 4.60. The fourth-order valence-electron chi connectivity index (χ4n) is 1.21. The van der Waals surface area contributed by atoms with Crippen molar-refractivity contribution in [2.75, 3.05) is 0 Å². The minimum atomic E-state index is 0.771. The van der Waals surface area contributed by atoms with Gasteiger partial charge in [0.1, 0.15) is 6.29 Å². The van der Waals surface area contributed by atoms with Crippen molar-refractivity contribution in [1.29, 1.82) is 0 Å². The predicted molar refractivity (Wildman–Crippen MR) is 60.2 cm³/mol. The van der Waals surface area contributed by atoms with E-state index in [4.69, 9.17) is 0 Å². The fraction of sp³-hybridized carbons (Fsp3) is 0.154. The van der Waals surface area contributed by atoms with Crippen molar-refractivity contribution in [2.24, 2.45) is 0 Å². The summed E-state index contributed by atoms with van der Waals surface area (Å²) < 4.78 is 0. The molecule has 0 amide bonds. The molecule has 0 aromatic heterocycles. The van der Waals surface area contributed by atoms with Gasteiger partial charge in [0.25, 0.3) is 0 Å². The molecule has 0 N–H and O–H groups in total. The number of carbonyl (C=O) groups excluding carboxylic acids is 1. The summed E-state index contributed by atoms with van der Waals surface area (Å²) in [5.74, 6) is 0. The van der Waals surface area contributed by atoms with Gasteiger partial charge in [0, 0.05) is 0 Å². The molecule has 0 aliphatic carbocycles. The minimum Gasteiger partial charge on any atom is -0.299 e. The summed E-state index contributed by atoms with van der Waals surface area (Å²) in [5, 5.41) is 0. The molecule has 72 valence electrons. The fourth-order valence-corrected chi connectivity index (χ4v) is 1.21. The highest BCUT2D eigenvalue weighted by molar-refractivity contribution is 5.66. The molecule has 14 heavy (non-hydrogen) atoms. The van der Waals surface area contributed by atoms with Crippen molar-refractivity contribution < 1.29 is 4.79 Å². The van der Waals surface area contributed by atoms with Gasteiger partial charge in [0.2, 0.25) is 0 Å². The van der Waals surface area contributed by atoms with Crippen molar-refractivity contribution in [3.63, 3.8) is 0 Å². The molecule has 0 saturated heterocycles. The SMILES string of the molecule is Cc1ccc(C)c(/C=C/C=C/C=O)c1. The average molecular weight is 186 g/mol. The lowest BCUT2D eigenvalue weighted by atomic mass is 10.1. The molecule has 0 saturated carbocycles. The van der Waals surface area contributed by atoms with E-state index in [9.17, 15) is 4.79 Å². The van der Waals surface area contributed by atoms with Crippen LogP contribution in [0.2, 0.25) is 0 Å². The molecule has 1 aromatic rings. The maximum Gasteiger partial charge on any atom is 0.142 e. The van der Waals surface area contributed by atoms with E-state index < -0.39 is 0 Å². The Bertz CT molecular complexity index is 373. The molecule has 0 fully saturated rings. The van der Waals surface area contributed by atoms with Gasteiger partial charge in [-0.3, -0.25) is 4.79 Å². The first kappa shape index (κ1) is 10.5. The van der Waals surface area contributed by atoms with Gasteiger partial charge < -0.3 is 0 Å². The van der Waals surface area contributed by atoms with Crippen molar-refractivity contribution in [1.82, 2.24) is 0 Å². The lowest BCUT2D eigenvalue weighted by Gasteiger charge is -2.00. The van der Waals surface area contributed by atoms with Gasteiger partial charge in [-0.05, 0) is 31.1 Å². The largest absolute Gasteiger partial charge is 0.299 e. The molecule has 1 rings (SSSR count). The third-order valence-corrected chi connectivity index (χ3v) is 2.01. The van der Waals surface area contributed by atoms with Crippen molar-refractivity contribution >= 4 is 12.4 Å². The van der Waals surface area contributed by atoms with Crippen LogP contribution in [0, 0.1) is 13.8 Å². The summed E-state index contributed by atoms with van der Waals surface area (Å²) in [6.07, 6.45) is 7.85. The van der Waals surface area contributed by atoms with Gasteiger partial charge in [0.05, 0.1) is 0 Å². The van der Waals surface area contributed by atoms with E-state index in [0.29, 0.717) is 0 Å². The molecule has 1 nitrogen and oxygen atoms in total. The highest BCUT2D eigenvalue weighted by Crippen LogP contribution is 2.12. The molecule has 0 heterocycles. The van der Waals surface area contributed by atoms with Crippen LogP contribution in [-0.2, 0) is 4.79 Å². The number of carbonyl (C=O) groups is 1. The molecule has 0 aliphatic rings. The molecule has 0 radical (unpaired) electrons. The number of benzene rings is 1. The van der Waals surface area contributed by atoms with E-state index in [0.717, 1.165) is 6.29 Å². The van der Waals surface area contributed by atoms with E-state index in [1.165, 1.54) is 22.8 Å². The topological polar surface area (TPSA) is 17.1 Å². The van der Waals surface area contributed by atoms with Crippen LogP contribution in [0.5, 0.6) is 0 Å². The number of aldehydes is 1. The van der Waals surface area contributed by atoms with E-state index in [1.54, 1.807) is 6.08 Å². The highest BCUT2D eigenvalue weighted by Gasteiger charge is 1.92. The third kappa shape index (κ3) is 3.02. The van der Waals surface area contributed by atoms with Crippen LogP contribution in [0.4, 0.5) is 0 Å². The van der Waals surface area contributed by atoms with Crippen LogP contribution < -0.4 is 0 Å². The molecule has 0 bridgehead atoms. The third-order valence-electron chi connectivity index (χ3n) is 2.01. The predicted octanol–water partition coefficient (Wildman–Crippen LogP) is 3.07. The zero-order valence-corrected chi connectivity index (χ0v) is 8.53. The molecule has 0 atom stereocenters. The summed E-state index contributed by atoms with van der Waals surface area (Å²) >= 11 is 0. The molecular formula is C13H14O. The Kier molecular flexibility index (Phi) is 3.86. The molecular weight excluding hydrogens is 172 g/mol. The Hall–Kier alpha value is -1.63. The monoisotopic (exact) mass is 186 g/mol. The molecule has 1 heteroatoms. The first-order valence-electron chi connectivity index (χ1n) is 4.60. The van der Waals surface area contributed by atoms with E-state index in [2.05, 4.69) is 32.0 Å². The molecule has 0 aliphatic heterocycles. The summed E-state index contributed by atoms with van der Waals surface area (Å²) in [6, 6.07) is 6.31. The van der Waals surface area contributed by atoms with Gasteiger partial charge in [-0.2, -0.15) is 0 Å². The lowest BCUT2D eigenvalue weighted by Crippen LogP contribution is -1.81. The lowest BCUT2D eigenvalue weighted by molar-refractivity contribution is -0.104. The number of rotatable bonds is 3. The van der Waals surface area contributed by atoms with Crippen LogP contribution >= 0.6 is 0 Å².